The van der Waals surface area contributed by atoms with Crippen molar-refractivity contribution < 1.29 is 0 Å². The third kappa shape index (κ3) is 3.46. The zero-order valence-electron chi connectivity index (χ0n) is 9.84. The van der Waals surface area contributed by atoms with Crippen molar-refractivity contribution in [2.75, 3.05) is 5.88 Å². The van der Waals surface area contributed by atoms with Gasteiger partial charge in [0, 0.05) is 5.88 Å². The second kappa shape index (κ2) is 6.67. The molecule has 4 heteroatoms. The van der Waals surface area contributed by atoms with Crippen LogP contribution >= 0.6 is 46.4 Å². The third-order valence-corrected chi connectivity index (χ3v) is 4.15. The van der Waals surface area contributed by atoms with E-state index in [0.29, 0.717) is 21.0 Å². The maximum Gasteiger partial charge on any atom is 0.0598 e. The highest BCUT2D eigenvalue weighted by Gasteiger charge is 2.10. The largest absolute Gasteiger partial charge is 0.121 e. The minimum Gasteiger partial charge on any atom is -0.121 e. The van der Waals surface area contributed by atoms with Gasteiger partial charge in [-0.1, -0.05) is 71.2 Å². The van der Waals surface area contributed by atoms with Gasteiger partial charge in [0.15, 0.2) is 0 Å². The van der Waals surface area contributed by atoms with Crippen molar-refractivity contribution >= 4 is 57.0 Å². The maximum absolute atomic E-state index is 6.42. The predicted molar refractivity (Wildman–Crippen MR) is 86.3 cm³/mol. The van der Waals surface area contributed by atoms with Gasteiger partial charge in [0.2, 0.25) is 0 Å². The van der Waals surface area contributed by atoms with Crippen molar-refractivity contribution in [3.05, 3.63) is 69.7 Å². The molecule has 0 N–H and O–H groups in total. The van der Waals surface area contributed by atoms with E-state index in [2.05, 4.69) is 0 Å². The lowest BCUT2D eigenvalue weighted by atomic mass is 10.0. The molecule has 0 amide bonds. The first kappa shape index (κ1) is 14.7. The number of alkyl halides is 1. The molecule has 0 bridgehead atoms. The fourth-order valence-electron chi connectivity index (χ4n) is 1.71. The van der Waals surface area contributed by atoms with Crippen LogP contribution in [0.25, 0.3) is 10.6 Å². The lowest BCUT2D eigenvalue weighted by Crippen LogP contribution is -1.90. The Morgan fingerprint density at radius 1 is 0.842 bits per heavy atom. The maximum atomic E-state index is 6.42. The average molecular weight is 332 g/mol. The van der Waals surface area contributed by atoms with E-state index in [1.165, 1.54) is 0 Å². The summed E-state index contributed by atoms with van der Waals surface area (Å²) in [7, 11) is 0. The molecule has 2 rings (SSSR count). The van der Waals surface area contributed by atoms with Gasteiger partial charge in [-0.3, -0.25) is 0 Å². The Morgan fingerprint density at radius 2 is 1.53 bits per heavy atom. The summed E-state index contributed by atoms with van der Waals surface area (Å²) in [5.74, 6) is 0.297. The molecule has 0 fully saturated rings. The Bertz CT molecular complexity index is 603. The number of benzene rings is 2. The Balaban J connectivity index is 2.52. The molecular formula is C15H10Cl4. The molecule has 0 saturated carbocycles. The van der Waals surface area contributed by atoms with E-state index in [9.17, 15) is 0 Å². The van der Waals surface area contributed by atoms with Crippen molar-refractivity contribution in [1.82, 2.24) is 0 Å². The lowest BCUT2D eigenvalue weighted by Gasteiger charge is -2.09. The van der Waals surface area contributed by atoms with E-state index >= 15 is 0 Å². The van der Waals surface area contributed by atoms with E-state index in [4.69, 9.17) is 46.4 Å². The minimum absolute atomic E-state index is 0.297. The molecule has 0 atom stereocenters. The van der Waals surface area contributed by atoms with Gasteiger partial charge in [-0.05, 0) is 28.8 Å². The van der Waals surface area contributed by atoms with Crippen molar-refractivity contribution in [3.8, 4) is 0 Å². The van der Waals surface area contributed by atoms with E-state index in [1.54, 1.807) is 12.1 Å². The molecule has 0 radical (unpaired) electrons. The van der Waals surface area contributed by atoms with Gasteiger partial charge in [-0.15, -0.1) is 11.6 Å². The molecular weight excluding hydrogens is 322 g/mol. The molecule has 0 heterocycles. The summed E-state index contributed by atoms with van der Waals surface area (Å²) >= 11 is 24.4. The summed E-state index contributed by atoms with van der Waals surface area (Å²) in [6.45, 7) is 0. The predicted octanol–water partition coefficient (Wildman–Crippen LogP) is 6.34. The van der Waals surface area contributed by atoms with E-state index < -0.39 is 0 Å². The van der Waals surface area contributed by atoms with Crippen LogP contribution < -0.4 is 0 Å². The molecule has 0 aliphatic rings. The summed E-state index contributed by atoms with van der Waals surface area (Å²) in [5.41, 5.74) is 2.62. The van der Waals surface area contributed by atoms with Crippen LogP contribution in [0.5, 0.6) is 0 Å². The minimum atomic E-state index is 0.297. The number of hydrogen-bond acceptors (Lipinski definition) is 0. The Kier molecular flexibility index (Phi) is 5.18. The van der Waals surface area contributed by atoms with Gasteiger partial charge in [0.05, 0.1) is 15.1 Å². The van der Waals surface area contributed by atoms with Crippen molar-refractivity contribution in [2.45, 2.75) is 0 Å². The van der Waals surface area contributed by atoms with Crippen LogP contribution in [0.15, 0.2) is 48.5 Å². The molecule has 0 aliphatic heterocycles. The highest BCUT2D eigenvalue weighted by molar-refractivity contribution is 6.53. The first-order valence-corrected chi connectivity index (χ1v) is 7.25. The molecule has 2 aromatic carbocycles. The number of allylic oxidation sites excluding steroid dienone is 1. The molecule has 0 aliphatic carbocycles. The standard InChI is InChI=1S/C15H10Cl4/c16-9-12(11-6-7-13(17)14(18)8-11)15(19)10-4-2-1-3-5-10/h1-8H,9H2/b15-12+. The van der Waals surface area contributed by atoms with E-state index in [-0.39, 0.29) is 0 Å². The molecule has 19 heavy (non-hydrogen) atoms. The second-order valence-electron chi connectivity index (χ2n) is 3.92. The topological polar surface area (TPSA) is 0 Å². The fourth-order valence-corrected chi connectivity index (χ4v) is 2.66. The molecule has 98 valence electrons. The molecule has 0 saturated heterocycles. The van der Waals surface area contributed by atoms with Crippen molar-refractivity contribution in [1.29, 1.82) is 0 Å². The Hall–Kier alpha value is -0.660. The van der Waals surface area contributed by atoms with Crippen LogP contribution in [-0.2, 0) is 0 Å². The first-order chi connectivity index (χ1) is 9.13. The van der Waals surface area contributed by atoms with Gasteiger partial charge in [-0.2, -0.15) is 0 Å². The summed E-state index contributed by atoms with van der Waals surface area (Å²) < 4.78 is 0. The summed E-state index contributed by atoms with van der Waals surface area (Å²) in [6, 6.07) is 15.0. The van der Waals surface area contributed by atoms with Crippen LogP contribution in [0.2, 0.25) is 10.0 Å². The zero-order chi connectivity index (χ0) is 13.8. The van der Waals surface area contributed by atoms with Crippen LogP contribution in [0, 0.1) is 0 Å². The van der Waals surface area contributed by atoms with E-state index in [0.717, 1.165) is 16.7 Å². The van der Waals surface area contributed by atoms with E-state index in [1.807, 2.05) is 36.4 Å². The molecule has 0 spiro atoms. The Labute approximate surface area is 132 Å². The normalized spacial score (nSPS) is 12.2. The fraction of sp³-hybridized carbons (Fsp3) is 0.0667. The summed E-state index contributed by atoms with van der Waals surface area (Å²) in [6.07, 6.45) is 0. The molecule has 0 unspecified atom stereocenters. The van der Waals surface area contributed by atoms with Crippen LogP contribution in [0.4, 0.5) is 0 Å². The summed E-state index contributed by atoms with van der Waals surface area (Å²) in [5, 5.41) is 1.61. The number of rotatable bonds is 3. The highest BCUT2D eigenvalue weighted by Crippen LogP contribution is 2.33. The third-order valence-electron chi connectivity index (χ3n) is 2.69. The van der Waals surface area contributed by atoms with Gasteiger partial charge in [0.25, 0.3) is 0 Å². The summed E-state index contributed by atoms with van der Waals surface area (Å²) in [4.78, 5) is 0. The van der Waals surface area contributed by atoms with Gasteiger partial charge >= 0.3 is 0 Å². The van der Waals surface area contributed by atoms with Crippen molar-refractivity contribution in [2.24, 2.45) is 0 Å². The Morgan fingerprint density at radius 3 is 2.11 bits per heavy atom. The zero-order valence-corrected chi connectivity index (χ0v) is 12.9. The van der Waals surface area contributed by atoms with Crippen LogP contribution in [0.1, 0.15) is 11.1 Å². The monoisotopic (exact) mass is 330 g/mol. The first-order valence-electron chi connectivity index (χ1n) is 5.59. The smallest absolute Gasteiger partial charge is 0.0598 e. The van der Waals surface area contributed by atoms with Gasteiger partial charge in [0.1, 0.15) is 0 Å². The van der Waals surface area contributed by atoms with Crippen molar-refractivity contribution in [3.63, 3.8) is 0 Å². The molecule has 2 aromatic rings. The van der Waals surface area contributed by atoms with Gasteiger partial charge < -0.3 is 0 Å². The lowest BCUT2D eigenvalue weighted by molar-refractivity contribution is 1.56. The SMILES string of the molecule is ClC/C(=C(\Cl)c1ccccc1)c1ccc(Cl)c(Cl)c1. The number of hydrogen-bond donors (Lipinski definition) is 0. The van der Waals surface area contributed by atoms with Gasteiger partial charge in [-0.25, -0.2) is 0 Å². The molecule has 0 aromatic heterocycles. The molecule has 0 nitrogen and oxygen atoms in total. The van der Waals surface area contributed by atoms with Crippen LogP contribution in [-0.4, -0.2) is 5.88 Å². The number of halogens is 4. The average Bonchev–Trinajstić information content (AvgIpc) is 2.44. The second-order valence-corrected chi connectivity index (χ2v) is 5.38. The highest BCUT2D eigenvalue weighted by atomic mass is 35.5. The van der Waals surface area contributed by atoms with Crippen LogP contribution in [0.3, 0.4) is 0 Å². The quantitative estimate of drug-likeness (QED) is 0.454.